The highest BCUT2D eigenvalue weighted by Crippen LogP contribution is 2.09. The summed E-state index contributed by atoms with van der Waals surface area (Å²) < 4.78 is 7.51. The van der Waals surface area contributed by atoms with Gasteiger partial charge in [-0.15, -0.1) is 0 Å². The molecule has 0 aromatic carbocycles. The summed E-state index contributed by atoms with van der Waals surface area (Å²) in [6.07, 6.45) is 8.90. The number of hydrogen-bond donors (Lipinski definition) is 1. The van der Waals surface area contributed by atoms with E-state index in [0.29, 0.717) is 6.04 Å². The third-order valence-corrected chi connectivity index (χ3v) is 3.05. The Morgan fingerprint density at radius 3 is 3.12 bits per heavy atom. The van der Waals surface area contributed by atoms with Crippen molar-refractivity contribution in [2.75, 3.05) is 19.8 Å². The molecule has 0 aliphatic carbocycles. The first-order chi connectivity index (χ1) is 7.95. The van der Waals surface area contributed by atoms with Crippen LogP contribution in [0.5, 0.6) is 0 Å². The maximum atomic E-state index is 5.61. The zero-order chi connectivity index (χ0) is 11.1. The van der Waals surface area contributed by atoms with Crippen molar-refractivity contribution in [3.63, 3.8) is 0 Å². The van der Waals surface area contributed by atoms with E-state index in [4.69, 9.17) is 4.74 Å². The van der Waals surface area contributed by atoms with Crippen molar-refractivity contribution in [2.45, 2.75) is 38.3 Å². The van der Waals surface area contributed by atoms with E-state index < -0.39 is 0 Å². The minimum Gasteiger partial charge on any atom is -0.379 e. The van der Waals surface area contributed by atoms with Gasteiger partial charge in [0.05, 0.1) is 13.2 Å². The summed E-state index contributed by atoms with van der Waals surface area (Å²) in [5.74, 6) is 0. The van der Waals surface area contributed by atoms with Crippen LogP contribution < -0.4 is 5.32 Å². The van der Waals surface area contributed by atoms with Crippen molar-refractivity contribution < 1.29 is 4.74 Å². The fourth-order valence-corrected chi connectivity index (χ4v) is 2.09. The number of nitrogens with one attached hydrogen (secondary N) is 1. The van der Waals surface area contributed by atoms with Crippen molar-refractivity contribution in [1.82, 2.24) is 15.1 Å². The first kappa shape index (κ1) is 11.6. The Balaban J connectivity index is 1.48. The Labute approximate surface area is 97.0 Å². The van der Waals surface area contributed by atoms with E-state index >= 15 is 0 Å². The lowest BCUT2D eigenvalue weighted by molar-refractivity contribution is 0.111. The minimum atomic E-state index is 0.679. The monoisotopic (exact) mass is 223 g/mol. The van der Waals surface area contributed by atoms with E-state index in [-0.39, 0.29) is 0 Å². The van der Waals surface area contributed by atoms with E-state index in [2.05, 4.69) is 10.4 Å². The molecule has 1 aromatic heterocycles. The summed E-state index contributed by atoms with van der Waals surface area (Å²) in [5.41, 5.74) is 0. The number of nitrogens with zero attached hydrogens (tertiary/aromatic N) is 2. The fraction of sp³-hybridized carbons (Fsp3) is 0.750. The molecule has 2 rings (SSSR count). The Bertz CT molecular complexity index is 268. The topological polar surface area (TPSA) is 39.1 Å². The molecule has 16 heavy (non-hydrogen) atoms. The van der Waals surface area contributed by atoms with Crippen LogP contribution in [-0.2, 0) is 11.3 Å². The smallest absolute Gasteiger partial charge is 0.0662 e. The van der Waals surface area contributed by atoms with E-state index in [1.165, 1.54) is 25.8 Å². The predicted molar refractivity (Wildman–Crippen MR) is 63.3 cm³/mol. The maximum Gasteiger partial charge on any atom is 0.0662 e. The van der Waals surface area contributed by atoms with Crippen LogP contribution >= 0.6 is 0 Å². The number of rotatable bonds is 6. The van der Waals surface area contributed by atoms with E-state index in [1.807, 2.05) is 16.9 Å². The van der Waals surface area contributed by atoms with Crippen LogP contribution in [-0.4, -0.2) is 35.6 Å². The number of piperidine rings is 1. The van der Waals surface area contributed by atoms with Gasteiger partial charge in [-0.1, -0.05) is 6.42 Å². The highest BCUT2D eigenvalue weighted by molar-refractivity contribution is 4.77. The first-order valence-electron chi connectivity index (χ1n) is 6.24. The average Bonchev–Trinajstić information content (AvgIpc) is 2.83. The maximum absolute atomic E-state index is 5.61. The zero-order valence-corrected chi connectivity index (χ0v) is 9.77. The van der Waals surface area contributed by atoms with E-state index in [9.17, 15) is 0 Å². The van der Waals surface area contributed by atoms with Crippen molar-refractivity contribution in [3.8, 4) is 0 Å². The van der Waals surface area contributed by atoms with Gasteiger partial charge >= 0.3 is 0 Å². The van der Waals surface area contributed by atoms with Gasteiger partial charge < -0.3 is 10.1 Å². The summed E-state index contributed by atoms with van der Waals surface area (Å²) in [5, 5.41) is 7.65. The molecule has 1 unspecified atom stereocenters. The van der Waals surface area contributed by atoms with Gasteiger partial charge in [0.2, 0.25) is 0 Å². The molecule has 4 nitrogen and oxygen atoms in total. The predicted octanol–water partition coefficient (Wildman–Crippen LogP) is 1.43. The summed E-state index contributed by atoms with van der Waals surface area (Å²) in [7, 11) is 0. The zero-order valence-electron chi connectivity index (χ0n) is 9.77. The van der Waals surface area contributed by atoms with Gasteiger partial charge in [-0.05, 0) is 31.9 Å². The van der Waals surface area contributed by atoms with Gasteiger partial charge in [0.15, 0.2) is 0 Å². The van der Waals surface area contributed by atoms with Gasteiger partial charge in [-0.2, -0.15) is 5.10 Å². The molecule has 1 fully saturated rings. The Morgan fingerprint density at radius 2 is 2.38 bits per heavy atom. The Morgan fingerprint density at radius 1 is 1.38 bits per heavy atom. The third-order valence-electron chi connectivity index (χ3n) is 3.05. The molecule has 1 saturated heterocycles. The Kier molecular flexibility index (Phi) is 4.83. The van der Waals surface area contributed by atoms with Crippen LogP contribution in [0.15, 0.2) is 18.5 Å². The Hall–Kier alpha value is -0.870. The molecule has 1 aliphatic heterocycles. The van der Waals surface area contributed by atoms with Gasteiger partial charge in [0.25, 0.3) is 0 Å². The molecule has 1 aromatic rings. The normalized spacial score (nSPS) is 21.1. The van der Waals surface area contributed by atoms with Crippen molar-refractivity contribution in [1.29, 1.82) is 0 Å². The van der Waals surface area contributed by atoms with Crippen LogP contribution in [0.3, 0.4) is 0 Å². The first-order valence-corrected chi connectivity index (χ1v) is 6.24. The molecule has 0 saturated carbocycles. The quantitative estimate of drug-likeness (QED) is 0.742. The average molecular weight is 223 g/mol. The molecular formula is C12H21N3O. The fourth-order valence-electron chi connectivity index (χ4n) is 2.09. The second-order valence-corrected chi connectivity index (χ2v) is 4.32. The molecule has 1 N–H and O–H groups in total. The van der Waals surface area contributed by atoms with Gasteiger partial charge in [0.1, 0.15) is 0 Å². The van der Waals surface area contributed by atoms with Crippen LogP contribution in [0.4, 0.5) is 0 Å². The van der Waals surface area contributed by atoms with Gasteiger partial charge in [-0.3, -0.25) is 4.68 Å². The second kappa shape index (κ2) is 6.66. The van der Waals surface area contributed by atoms with Gasteiger partial charge in [-0.25, -0.2) is 0 Å². The summed E-state index contributed by atoms with van der Waals surface area (Å²) in [6, 6.07) is 2.62. The molecular weight excluding hydrogens is 202 g/mol. The second-order valence-electron chi connectivity index (χ2n) is 4.32. The van der Waals surface area contributed by atoms with Crippen molar-refractivity contribution in [2.24, 2.45) is 0 Å². The molecule has 0 amide bonds. The summed E-state index contributed by atoms with van der Waals surface area (Å²) >= 11 is 0. The highest BCUT2D eigenvalue weighted by atomic mass is 16.5. The van der Waals surface area contributed by atoms with Gasteiger partial charge in [0, 0.05) is 25.0 Å². The van der Waals surface area contributed by atoms with Crippen molar-refractivity contribution >= 4 is 0 Å². The largest absolute Gasteiger partial charge is 0.379 e. The minimum absolute atomic E-state index is 0.679. The third kappa shape index (κ3) is 3.94. The molecule has 1 aliphatic rings. The van der Waals surface area contributed by atoms with Crippen molar-refractivity contribution in [3.05, 3.63) is 18.5 Å². The number of aromatic nitrogens is 2. The molecule has 90 valence electrons. The summed E-state index contributed by atoms with van der Waals surface area (Å²) in [4.78, 5) is 0. The summed E-state index contributed by atoms with van der Waals surface area (Å²) in [6.45, 7) is 3.65. The molecule has 0 radical (unpaired) electrons. The van der Waals surface area contributed by atoms with Crippen LogP contribution in [0.1, 0.15) is 25.7 Å². The van der Waals surface area contributed by atoms with Crippen LogP contribution in [0.25, 0.3) is 0 Å². The van der Waals surface area contributed by atoms with Crippen LogP contribution in [0.2, 0.25) is 0 Å². The lowest BCUT2D eigenvalue weighted by atomic mass is 10.0. The lowest BCUT2D eigenvalue weighted by Crippen LogP contribution is -2.34. The van der Waals surface area contributed by atoms with E-state index in [1.54, 1.807) is 6.20 Å². The number of hydrogen-bond acceptors (Lipinski definition) is 3. The lowest BCUT2D eigenvalue weighted by Gasteiger charge is -2.23. The molecule has 0 spiro atoms. The molecule has 0 bridgehead atoms. The standard InChI is InChI=1S/C12H21N3O/c1-2-6-13-12(4-1)5-10-16-11-9-15-8-3-7-14-15/h3,7-8,12-13H,1-2,4-6,9-11H2. The van der Waals surface area contributed by atoms with E-state index in [0.717, 1.165) is 26.2 Å². The molecule has 4 heteroatoms. The van der Waals surface area contributed by atoms with Crippen LogP contribution in [0, 0.1) is 0 Å². The SMILES string of the molecule is c1cnn(CCOCCC2CCCCN2)c1. The number of ether oxygens (including phenoxy) is 1. The molecule has 1 atom stereocenters. The highest BCUT2D eigenvalue weighted by Gasteiger charge is 2.11. The molecule has 2 heterocycles.